The summed E-state index contributed by atoms with van der Waals surface area (Å²) >= 11 is 0. The van der Waals surface area contributed by atoms with Crippen LogP contribution in [0.25, 0.3) is 10.8 Å². The first kappa shape index (κ1) is 16.4. The molecule has 0 spiro atoms. The molecule has 25 heavy (non-hydrogen) atoms. The number of nitrogens with zero attached hydrogens (tertiary/aromatic N) is 2. The van der Waals surface area contributed by atoms with Crippen LogP contribution in [0.15, 0.2) is 58.4 Å². The van der Waals surface area contributed by atoms with Gasteiger partial charge in [-0.3, -0.25) is 9.59 Å². The van der Waals surface area contributed by atoms with Crippen LogP contribution in [-0.4, -0.2) is 28.9 Å². The summed E-state index contributed by atoms with van der Waals surface area (Å²) in [6.07, 6.45) is 1.52. The molecule has 0 saturated heterocycles. The molecule has 1 amide bonds. The molecular weight excluding hydrogens is 320 g/mol. The Kier molecular flexibility index (Phi) is 4.84. The highest BCUT2D eigenvalue weighted by atomic mass is 16.5. The van der Waals surface area contributed by atoms with Crippen molar-refractivity contribution in [3.63, 3.8) is 0 Å². The lowest BCUT2D eigenvalue weighted by Crippen LogP contribution is -2.22. The van der Waals surface area contributed by atoms with Gasteiger partial charge >= 0.3 is 0 Å². The molecule has 126 valence electrons. The Morgan fingerprint density at radius 1 is 1.20 bits per heavy atom. The number of hydrogen-bond donors (Lipinski definition) is 2. The SMILES string of the molecule is CCOc1ccc(/C=N/NC(=O)c2n[nH]c(=O)c3ccccc23)cc1. The van der Waals surface area contributed by atoms with E-state index in [0.29, 0.717) is 17.4 Å². The molecule has 0 atom stereocenters. The summed E-state index contributed by atoms with van der Waals surface area (Å²) in [6, 6.07) is 14.1. The number of rotatable bonds is 5. The van der Waals surface area contributed by atoms with Crippen molar-refractivity contribution in [1.82, 2.24) is 15.6 Å². The first-order valence-corrected chi connectivity index (χ1v) is 7.72. The number of benzene rings is 2. The maximum Gasteiger partial charge on any atom is 0.292 e. The number of carbonyl (C=O) groups excluding carboxylic acids is 1. The number of carbonyl (C=O) groups is 1. The van der Waals surface area contributed by atoms with Gasteiger partial charge in [0.25, 0.3) is 11.5 Å². The van der Waals surface area contributed by atoms with Crippen LogP contribution < -0.4 is 15.7 Å². The molecule has 3 aromatic rings. The Bertz CT molecular complexity index is 978. The van der Waals surface area contributed by atoms with E-state index in [-0.39, 0.29) is 11.3 Å². The quantitative estimate of drug-likeness (QED) is 0.551. The van der Waals surface area contributed by atoms with E-state index in [1.807, 2.05) is 31.2 Å². The van der Waals surface area contributed by atoms with Gasteiger partial charge in [-0.15, -0.1) is 0 Å². The standard InChI is InChI=1S/C18H16N4O3/c1-2-25-13-9-7-12(8-10-13)11-19-21-18(24)16-14-5-3-4-6-15(14)17(23)22-20-16/h3-11H,2H2,1H3,(H,21,24)(H,22,23)/b19-11+. The summed E-state index contributed by atoms with van der Waals surface area (Å²) < 4.78 is 5.36. The van der Waals surface area contributed by atoms with E-state index in [4.69, 9.17) is 4.74 Å². The molecule has 2 aromatic carbocycles. The minimum absolute atomic E-state index is 0.110. The summed E-state index contributed by atoms with van der Waals surface area (Å²) in [7, 11) is 0. The van der Waals surface area contributed by atoms with E-state index < -0.39 is 5.91 Å². The molecule has 0 unspecified atom stereocenters. The number of amides is 1. The van der Waals surface area contributed by atoms with Gasteiger partial charge in [-0.2, -0.15) is 10.2 Å². The molecule has 7 nitrogen and oxygen atoms in total. The zero-order chi connectivity index (χ0) is 17.6. The van der Waals surface area contributed by atoms with Gasteiger partial charge in [0.15, 0.2) is 5.69 Å². The highest BCUT2D eigenvalue weighted by Crippen LogP contribution is 2.12. The summed E-state index contributed by atoms with van der Waals surface area (Å²) in [4.78, 5) is 24.0. The molecule has 2 N–H and O–H groups in total. The van der Waals surface area contributed by atoms with Crippen LogP contribution in [0.2, 0.25) is 0 Å². The van der Waals surface area contributed by atoms with Crippen molar-refractivity contribution in [3.05, 3.63) is 70.1 Å². The molecule has 3 rings (SSSR count). The number of hydrogen-bond acceptors (Lipinski definition) is 5. The second-order valence-electron chi connectivity index (χ2n) is 5.15. The van der Waals surface area contributed by atoms with Gasteiger partial charge in [0.05, 0.1) is 18.2 Å². The molecule has 0 aliphatic rings. The largest absolute Gasteiger partial charge is 0.494 e. The number of aromatic nitrogens is 2. The van der Waals surface area contributed by atoms with Crippen molar-refractivity contribution in [1.29, 1.82) is 0 Å². The molecule has 1 aromatic heterocycles. The van der Waals surface area contributed by atoms with Gasteiger partial charge in [-0.25, -0.2) is 10.5 Å². The van der Waals surface area contributed by atoms with Crippen LogP contribution in [0.4, 0.5) is 0 Å². The van der Waals surface area contributed by atoms with Crippen LogP contribution in [0, 0.1) is 0 Å². The number of fused-ring (bicyclic) bond motifs is 1. The zero-order valence-electron chi connectivity index (χ0n) is 13.5. The minimum Gasteiger partial charge on any atom is -0.494 e. The number of H-pyrrole nitrogens is 1. The fraction of sp³-hybridized carbons (Fsp3) is 0.111. The van der Waals surface area contributed by atoms with Gasteiger partial charge in [-0.1, -0.05) is 18.2 Å². The van der Waals surface area contributed by atoms with Crippen molar-refractivity contribution in [3.8, 4) is 5.75 Å². The Labute approximate surface area is 143 Å². The van der Waals surface area contributed by atoms with E-state index in [1.54, 1.807) is 24.3 Å². The molecular formula is C18H16N4O3. The molecule has 0 radical (unpaired) electrons. The van der Waals surface area contributed by atoms with E-state index in [9.17, 15) is 9.59 Å². The average Bonchev–Trinajstić information content (AvgIpc) is 2.64. The number of hydrazone groups is 1. The number of ether oxygens (including phenoxy) is 1. The Morgan fingerprint density at radius 2 is 1.92 bits per heavy atom. The lowest BCUT2D eigenvalue weighted by Gasteiger charge is -2.03. The van der Waals surface area contributed by atoms with E-state index in [1.165, 1.54) is 6.21 Å². The van der Waals surface area contributed by atoms with Crippen molar-refractivity contribution in [2.45, 2.75) is 6.92 Å². The Hall–Kier alpha value is -3.48. The van der Waals surface area contributed by atoms with E-state index >= 15 is 0 Å². The van der Waals surface area contributed by atoms with Crippen LogP contribution in [0.3, 0.4) is 0 Å². The molecule has 0 saturated carbocycles. The monoisotopic (exact) mass is 336 g/mol. The lowest BCUT2D eigenvalue weighted by atomic mass is 10.1. The van der Waals surface area contributed by atoms with Gasteiger partial charge in [0.1, 0.15) is 5.75 Å². The predicted molar refractivity (Wildman–Crippen MR) is 95.0 cm³/mol. The first-order chi connectivity index (χ1) is 12.2. The van der Waals surface area contributed by atoms with Gasteiger partial charge in [-0.05, 0) is 42.8 Å². The van der Waals surface area contributed by atoms with Crippen molar-refractivity contribution in [2.75, 3.05) is 6.61 Å². The predicted octanol–water partition coefficient (Wildman–Crippen LogP) is 2.09. The third-order valence-electron chi connectivity index (χ3n) is 3.48. The fourth-order valence-electron chi connectivity index (χ4n) is 2.32. The van der Waals surface area contributed by atoms with Crippen LogP contribution in [0.5, 0.6) is 5.75 Å². The minimum atomic E-state index is -0.505. The van der Waals surface area contributed by atoms with Crippen LogP contribution >= 0.6 is 0 Å². The maximum atomic E-state index is 12.3. The third kappa shape index (κ3) is 3.72. The van der Waals surface area contributed by atoms with Gasteiger partial charge in [0.2, 0.25) is 0 Å². The summed E-state index contributed by atoms with van der Waals surface area (Å²) in [5.74, 6) is 0.266. The molecule has 0 aliphatic heterocycles. The third-order valence-corrected chi connectivity index (χ3v) is 3.48. The number of aromatic amines is 1. The highest BCUT2D eigenvalue weighted by molar-refractivity contribution is 6.04. The normalized spacial score (nSPS) is 10.9. The lowest BCUT2D eigenvalue weighted by molar-refractivity contribution is 0.0951. The van der Waals surface area contributed by atoms with Crippen molar-refractivity contribution >= 4 is 22.9 Å². The summed E-state index contributed by atoms with van der Waals surface area (Å²) in [6.45, 7) is 2.52. The maximum absolute atomic E-state index is 12.3. The summed E-state index contributed by atoms with van der Waals surface area (Å²) in [5, 5.41) is 10.9. The molecule has 0 aliphatic carbocycles. The van der Waals surface area contributed by atoms with Crippen molar-refractivity contribution < 1.29 is 9.53 Å². The second kappa shape index (κ2) is 7.39. The van der Waals surface area contributed by atoms with Gasteiger partial charge < -0.3 is 4.74 Å². The fourth-order valence-corrected chi connectivity index (χ4v) is 2.32. The topological polar surface area (TPSA) is 96.4 Å². The van der Waals surface area contributed by atoms with E-state index in [2.05, 4.69) is 20.7 Å². The Balaban J connectivity index is 1.75. The smallest absolute Gasteiger partial charge is 0.292 e. The molecule has 7 heteroatoms. The van der Waals surface area contributed by atoms with E-state index in [0.717, 1.165) is 11.3 Å². The average molecular weight is 336 g/mol. The highest BCUT2D eigenvalue weighted by Gasteiger charge is 2.12. The number of nitrogens with one attached hydrogen (secondary N) is 2. The molecule has 0 bridgehead atoms. The molecule has 0 fully saturated rings. The molecule has 1 heterocycles. The summed E-state index contributed by atoms with van der Waals surface area (Å²) in [5.41, 5.74) is 2.99. The second-order valence-corrected chi connectivity index (χ2v) is 5.15. The van der Waals surface area contributed by atoms with Crippen molar-refractivity contribution in [2.24, 2.45) is 5.10 Å². The zero-order valence-corrected chi connectivity index (χ0v) is 13.5. The van der Waals surface area contributed by atoms with Gasteiger partial charge in [0, 0.05) is 5.39 Å². The van der Waals surface area contributed by atoms with Crippen LogP contribution in [0.1, 0.15) is 23.0 Å². The Morgan fingerprint density at radius 3 is 2.64 bits per heavy atom. The van der Waals surface area contributed by atoms with Crippen LogP contribution in [-0.2, 0) is 0 Å². The first-order valence-electron chi connectivity index (χ1n) is 7.72.